The average molecular weight is 363 g/mol. The van der Waals surface area contributed by atoms with Crippen LogP contribution in [0.5, 0.6) is 0 Å². The molecule has 1 aromatic carbocycles. The van der Waals surface area contributed by atoms with Crippen molar-refractivity contribution in [3.8, 4) is 0 Å². The largest absolute Gasteiger partial charge is 0.416 e. The summed E-state index contributed by atoms with van der Waals surface area (Å²) in [6.07, 6.45) is -0.747. The predicted molar refractivity (Wildman–Crippen MR) is 87.8 cm³/mol. The van der Waals surface area contributed by atoms with Crippen molar-refractivity contribution < 1.29 is 22.8 Å². The monoisotopic (exact) mass is 363 g/mol. The van der Waals surface area contributed by atoms with E-state index in [-0.39, 0.29) is 17.5 Å². The number of nitrogens with zero attached hydrogens (tertiary/aromatic N) is 1. The second-order valence-corrected chi connectivity index (χ2v) is 6.09. The van der Waals surface area contributed by atoms with Crippen LogP contribution >= 0.6 is 0 Å². The molecule has 5 nitrogen and oxygen atoms in total. The standard InChI is InChI=1S/C18H16F3N3O2/c19-18(20,21)12-1-3-13(4-2-12)24-17(26)15-9-14(15)16(25)23-10-11-5-7-22-8-6-11/h1-8,14-15H,9-10H2,(H,23,25)(H,24,26). The van der Waals surface area contributed by atoms with Crippen LogP contribution in [-0.2, 0) is 22.3 Å². The normalized spacial score (nSPS) is 18.9. The van der Waals surface area contributed by atoms with Crippen LogP contribution in [0.15, 0.2) is 48.8 Å². The lowest BCUT2D eigenvalue weighted by molar-refractivity contribution is -0.137. The highest BCUT2D eigenvalue weighted by Crippen LogP contribution is 2.39. The fourth-order valence-corrected chi connectivity index (χ4v) is 2.57. The molecule has 2 atom stereocenters. The van der Waals surface area contributed by atoms with Crippen molar-refractivity contribution in [3.05, 3.63) is 59.9 Å². The third-order valence-corrected chi connectivity index (χ3v) is 4.16. The van der Waals surface area contributed by atoms with E-state index >= 15 is 0 Å². The number of anilines is 1. The van der Waals surface area contributed by atoms with E-state index in [2.05, 4.69) is 15.6 Å². The van der Waals surface area contributed by atoms with Crippen LogP contribution in [0.2, 0.25) is 0 Å². The van der Waals surface area contributed by atoms with Gasteiger partial charge in [-0.05, 0) is 48.4 Å². The molecule has 0 bridgehead atoms. The lowest BCUT2D eigenvalue weighted by Crippen LogP contribution is -2.27. The number of rotatable bonds is 5. The molecule has 0 radical (unpaired) electrons. The van der Waals surface area contributed by atoms with Gasteiger partial charge in [0.15, 0.2) is 0 Å². The number of hydrogen-bond donors (Lipinski definition) is 2. The molecule has 1 aliphatic rings. The van der Waals surface area contributed by atoms with Crippen LogP contribution < -0.4 is 10.6 Å². The van der Waals surface area contributed by atoms with Gasteiger partial charge in [0.25, 0.3) is 0 Å². The summed E-state index contributed by atoms with van der Waals surface area (Å²) in [5.41, 5.74) is 0.390. The first-order valence-corrected chi connectivity index (χ1v) is 7.99. The highest BCUT2D eigenvalue weighted by Gasteiger charge is 2.47. The van der Waals surface area contributed by atoms with E-state index < -0.39 is 23.6 Å². The van der Waals surface area contributed by atoms with Crippen LogP contribution in [0, 0.1) is 11.8 Å². The summed E-state index contributed by atoms with van der Waals surface area (Å²) >= 11 is 0. The number of aromatic nitrogens is 1. The fraction of sp³-hybridized carbons (Fsp3) is 0.278. The Balaban J connectivity index is 1.48. The van der Waals surface area contributed by atoms with Gasteiger partial charge in [-0.2, -0.15) is 13.2 Å². The number of benzene rings is 1. The van der Waals surface area contributed by atoms with Gasteiger partial charge < -0.3 is 10.6 Å². The maximum atomic E-state index is 12.5. The second kappa shape index (κ2) is 7.15. The smallest absolute Gasteiger partial charge is 0.352 e. The van der Waals surface area contributed by atoms with Crippen molar-refractivity contribution in [1.82, 2.24) is 10.3 Å². The molecule has 2 unspecified atom stereocenters. The molecule has 0 saturated heterocycles. The molecule has 1 fully saturated rings. The molecule has 0 aliphatic heterocycles. The number of alkyl halides is 3. The minimum Gasteiger partial charge on any atom is -0.352 e. The second-order valence-electron chi connectivity index (χ2n) is 6.09. The van der Waals surface area contributed by atoms with E-state index in [0.717, 1.165) is 17.7 Å². The van der Waals surface area contributed by atoms with Crippen molar-refractivity contribution in [2.75, 3.05) is 5.32 Å². The molecule has 2 aromatic rings. The summed E-state index contributed by atoms with van der Waals surface area (Å²) in [6.45, 7) is 0.352. The summed E-state index contributed by atoms with van der Waals surface area (Å²) in [5, 5.41) is 5.31. The van der Waals surface area contributed by atoms with E-state index in [1.165, 1.54) is 12.1 Å². The van der Waals surface area contributed by atoms with Gasteiger partial charge in [0, 0.05) is 24.6 Å². The van der Waals surface area contributed by atoms with Gasteiger partial charge in [-0.15, -0.1) is 0 Å². The number of halogens is 3. The molecule has 1 saturated carbocycles. The SMILES string of the molecule is O=C(NCc1ccncc1)C1CC1C(=O)Nc1ccc(C(F)(F)F)cc1. The maximum absolute atomic E-state index is 12.5. The molecule has 8 heteroatoms. The summed E-state index contributed by atoms with van der Waals surface area (Å²) in [7, 11) is 0. The summed E-state index contributed by atoms with van der Waals surface area (Å²) in [6, 6.07) is 7.76. The molecular weight excluding hydrogens is 347 g/mol. The highest BCUT2D eigenvalue weighted by atomic mass is 19.4. The quantitative estimate of drug-likeness (QED) is 0.858. The number of nitrogens with one attached hydrogen (secondary N) is 2. The van der Waals surface area contributed by atoms with Crippen LogP contribution in [0.1, 0.15) is 17.5 Å². The number of carbonyl (C=O) groups is 2. The van der Waals surface area contributed by atoms with Crippen molar-refractivity contribution in [2.24, 2.45) is 11.8 Å². The van der Waals surface area contributed by atoms with Crippen LogP contribution in [0.4, 0.5) is 18.9 Å². The van der Waals surface area contributed by atoms with E-state index in [0.29, 0.717) is 13.0 Å². The van der Waals surface area contributed by atoms with Gasteiger partial charge in [0.05, 0.1) is 17.4 Å². The first kappa shape index (κ1) is 17.9. The van der Waals surface area contributed by atoms with Crippen molar-refractivity contribution in [1.29, 1.82) is 0 Å². The molecule has 2 amide bonds. The molecule has 1 aromatic heterocycles. The predicted octanol–water partition coefficient (Wildman–Crippen LogP) is 2.99. The van der Waals surface area contributed by atoms with E-state index in [9.17, 15) is 22.8 Å². The first-order chi connectivity index (χ1) is 12.3. The molecular formula is C18H16F3N3O2. The van der Waals surface area contributed by atoms with Crippen LogP contribution in [0.25, 0.3) is 0 Å². The molecule has 1 aliphatic carbocycles. The van der Waals surface area contributed by atoms with Gasteiger partial charge in [-0.25, -0.2) is 0 Å². The van der Waals surface area contributed by atoms with Gasteiger partial charge in [0.2, 0.25) is 11.8 Å². The topological polar surface area (TPSA) is 71.1 Å². The lowest BCUT2D eigenvalue weighted by Gasteiger charge is -2.09. The molecule has 26 heavy (non-hydrogen) atoms. The average Bonchev–Trinajstić information content (AvgIpc) is 3.41. The van der Waals surface area contributed by atoms with Gasteiger partial charge in [-0.1, -0.05) is 0 Å². The zero-order chi connectivity index (χ0) is 18.7. The Kier molecular flexibility index (Phi) is 4.92. The van der Waals surface area contributed by atoms with Gasteiger partial charge >= 0.3 is 6.18 Å². The Labute approximate surface area is 147 Å². The minimum absolute atomic E-state index is 0.214. The zero-order valence-electron chi connectivity index (χ0n) is 13.6. The van der Waals surface area contributed by atoms with E-state index in [1.54, 1.807) is 24.5 Å². The zero-order valence-corrected chi connectivity index (χ0v) is 13.6. The molecule has 3 rings (SSSR count). The fourth-order valence-electron chi connectivity index (χ4n) is 2.57. The molecule has 1 heterocycles. The molecule has 0 spiro atoms. The van der Waals surface area contributed by atoms with E-state index in [1.807, 2.05) is 0 Å². The summed E-state index contributed by atoms with van der Waals surface area (Å²) < 4.78 is 37.6. The molecule has 2 N–H and O–H groups in total. The van der Waals surface area contributed by atoms with Gasteiger partial charge in [-0.3, -0.25) is 14.6 Å². The van der Waals surface area contributed by atoms with Crippen molar-refractivity contribution >= 4 is 17.5 Å². The van der Waals surface area contributed by atoms with Gasteiger partial charge in [0.1, 0.15) is 0 Å². The number of amides is 2. The maximum Gasteiger partial charge on any atom is 0.416 e. The van der Waals surface area contributed by atoms with Crippen molar-refractivity contribution in [2.45, 2.75) is 19.1 Å². The third kappa shape index (κ3) is 4.38. The summed E-state index contributed by atoms with van der Waals surface area (Å²) in [5.74, 6) is -1.45. The van der Waals surface area contributed by atoms with Crippen molar-refractivity contribution in [3.63, 3.8) is 0 Å². The van der Waals surface area contributed by atoms with Crippen LogP contribution in [-0.4, -0.2) is 16.8 Å². The Hall–Kier alpha value is -2.90. The Bertz CT molecular complexity index is 792. The highest BCUT2D eigenvalue weighted by molar-refractivity contribution is 5.99. The van der Waals surface area contributed by atoms with E-state index in [4.69, 9.17) is 0 Å². The Morgan fingerprint density at radius 1 is 1.00 bits per heavy atom. The third-order valence-electron chi connectivity index (χ3n) is 4.16. The van der Waals surface area contributed by atoms with Crippen LogP contribution in [0.3, 0.4) is 0 Å². The minimum atomic E-state index is -4.42. The molecule has 136 valence electrons. The number of pyridine rings is 1. The summed E-state index contributed by atoms with van der Waals surface area (Å²) in [4.78, 5) is 28.1. The Morgan fingerprint density at radius 3 is 2.23 bits per heavy atom. The lowest BCUT2D eigenvalue weighted by atomic mass is 10.2. The first-order valence-electron chi connectivity index (χ1n) is 7.99. The Morgan fingerprint density at radius 2 is 1.62 bits per heavy atom. The number of carbonyl (C=O) groups excluding carboxylic acids is 2. The number of hydrogen-bond acceptors (Lipinski definition) is 3.